The molecule has 0 aromatic heterocycles. The highest BCUT2D eigenvalue weighted by molar-refractivity contribution is 9.08. The highest BCUT2D eigenvalue weighted by Gasteiger charge is 2.41. The van der Waals surface area contributed by atoms with Crippen molar-refractivity contribution in [2.24, 2.45) is 0 Å². The van der Waals surface area contributed by atoms with Crippen LogP contribution in [0.5, 0.6) is 0 Å². The first-order chi connectivity index (χ1) is 7.81. The van der Waals surface area contributed by atoms with Crippen LogP contribution in [-0.4, -0.2) is 4.92 Å². The fourth-order valence-corrected chi connectivity index (χ4v) is 1.62. The fraction of sp³-hybridized carbons (Fsp3) is 0.222. The number of nitro benzene ring substituents is 1. The van der Waals surface area contributed by atoms with Crippen molar-refractivity contribution in [2.75, 3.05) is 0 Å². The first-order valence-corrected chi connectivity index (χ1v) is 5.28. The Balaban J connectivity index is 3.66. The molecule has 0 N–H and O–H groups in total. The van der Waals surface area contributed by atoms with Crippen LogP contribution in [0.15, 0.2) is 12.1 Å². The molecular weight excluding hydrogens is 305 g/mol. The second-order valence-corrected chi connectivity index (χ2v) is 3.60. The van der Waals surface area contributed by atoms with Crippen molar-refractivity contribution in [3.63, 3.8) is 0 Å². The van der Waals surface area contributed by atoms with Gasteiger partial charge in [0.25, 0.3) is 5.69 Å². The summed E-state index contributed by atoms with van der Waals surface area (Å²) in [5.74, 6) is 0. The van der Waals surface area contributed by atoms with E-state index < -0.39 is 27.9 Å². The molecule has 0 atom stereocenters. The van der Waals surface area contributed by atoms with Gasteiger partial charge in [0.1, 0.15) is 6.07 Å². The largest absolute Gasteiger partial charge is 0.424 e. The number of benzene rings is 1. The molecule has 0 heterocycles. The van der Waals surface area contributed by atoms with E-state index in [1.54, 1.807) is 0 Å². The summed E-state index contributed by atoms with van der Waals surface area (Å²) in [6.07, 6.45) is -4.93. The van der Waals surface area contributed by atoms with Crippen molar-refractivity contribution in [3.05, 3.63) is 38.9 Å². The Kier molecular flexibility index (Phi) is 3.72. The van der Waals surface area contributed by atoms with E-state index in [4.69, 9.17) is 5.26 Å². The number of nitriles is 1. The molecule has 0 aliphatic carbocycles. The van der Waals surface area contributed by atoms with E-state index in [0.29, 0.717) is 0 Å². The van der Waals surface area contributed by atoms with Gasteiger partial charge in [-0.2, -0.15) is 18.4 Å². The smallest absolute Gasteiger partial charge is 0.258 e. The highest BCUT2D eigenvalue weighted by atomic mass is 79.9. The van der Waals surface area contributed by atoms with E-state index in [1.807, 2.05) is 0 Å². The standard InChI is InChI=1S/C9H4BrF3N2O2/c10-3-5-1-6(4-14)8(9(11,12)13)7(2-5)15(16)17/h1-2H,3H2. The molecule has 0 spiro atoms. The van der Waals surface area contributed by atoms with Crippen molar-refractivity contribution in [1.82, 2.24) is 0 Å². The number of nitro groups is 1. The molecule has 0 amide bonds. The molecule has 0 bridgehead atoms. The van der Waals surface area contributed by atoms with Gasteiger partial charge in [0.15, 0.2) is 5.56 Å². The van der Waals surface area contributed by atoms with Gasteiger partial charge in [-0.25, -0.2) is 0 Å². The van der Waals surface area contributed by atoms with Gasteiger partial charge in [-0.05, 0) is 11.6 Å². The van der Waals surface area contributed by atoms with E-state index in [0.717, 1.165) is 12.1 Å². The molecule has 0 fully saturated rings. The SMILES string of the molecule is N#Cc1cc(CBr)cc([N+](=O)[O-])c1C(F)(F)F. The Morgan fingerprint density at radius 1 is 1.47 bits per heavy atom. The maximum Gasteiger partial charge on any atom is 0.424 e. The molecule has 0 saturated heterocycles. The average Bonchev–Trinajstić information content (AvgIpc) is 2.25. The topological polar surface area (TPSA) is 66.9 Å². The number of halogens is 4. The van der Waals surface area contributed by atoms with Crippen molar-refractivity contribution in [1.29, 1.82) is 5.26 Å². The Labute approximate surface area is 102 Å². The molecule has 0 aliphatic rings. The monoisotopic (exact) mass is 308 g/mol. The van der Waals surface area contributed by atoms with Gasteiger partial charge in [-0.1, -0.05) is 15.9 Å². The first kappa shape index (κ1) is 13.4. The molecule has 0 radical (unpaired) electrons. The maximum absolute atomic E-state index is 12.6. The van der Waals surface area contributed by atoms with Crippen LogP contribution in [0.2, 0.25) is 0 Å². The Morgan fingerprint density at radius 2 is 2.06 bits per heavy atom. The van der Waals surface area contributed by atoms with Crippen LogP contribution in [0.25, 0.3) is 0 Å². The minimum atomic E-state index is -4.93. The summed E-state index contributed by atoms with van der Waals surface area (Å²) < 4.78 is 37.9. The van der Waals surface area contributed by atoms with Gasteiger partial charge in [0.05, 0.1) is 10.5 Å². The van der Waals surface area contributed by atoms with Gasteiger partial charge >= 0.3 is 6.18 Å². The number of hydrogen-bond donors (Lipinski definition) is 0. The van der Waals surface area contributed by atoms with Crippen molar-refractivity contribution in [2.45, 2.75) is 11.5 Å². The molecule has 4 nitrogen and oxygen atoms in total. The third kappa shape index (κ3) is 2.74. The molecular formula is C9H4BrF3N2O2. The van der Waals surface area contributed by atoms with E-state index in [-0.39, 0.29) is 10.9 Å². The molecule has 1 rings (SSSR count). The normalized spacial score (nSPS) is 11.0. The molecule has 17 heavy (non-hydrogen) atoms. The summed E-state index contributed by atoms with van der Waals surface area (Å²) in [6, 6.07) is 3.11. The maximum atomic E-state index is 12.6. The predicted octanol–water partition coefficient (Wildman–Crippen LogP) is 3.38. The third-order valence-corrected chi connectivity index (χ3v) is 2.58. The molecule has 0 aliphatic heterocycles. The van der Waals surface area contributed by atoms with Crippen molar-refractivity contribution in [3.8, 4) is 6.07 Å². The molecule has 0 unspecified atom stereocenters. The Hall–Kier alpha value is -1.62. The van der Waals surface area contributed by atoms with Crippen LogP contribution < -0.4 is 0 Å². The minimum absolute atomic E-state index is 0.126. The van der Waals surface area contributed by atoms with Crippen LogP contribution in [0.3, 0.4) is 0 Å². The van der Waals surface area contributed by atoms with Gasteiger partial charge < -0.3 is 0 Å². The lowest BCUT2D eigenvalue weighted by molar-refractivity contribution is -0.388. The summed E-state index contributed by atoms with van der Waals surface area (Å²) in [4.78, 5) is 9.44. The molecule has 1 aromatic rings. The highest BCUT2D eigenvalue weighted by Crippen LogP contribution is 2.39. The van der Waals surface area contributed by atoms with E-state index in [2.05, 4.69) is 15.9 Å². The summed E-state index contributed by atoms with van der Waals surface area (Å²) in [5.41, 5.74) is -3.12. The first-order valence-electron chi connectivity index (χ1n) is 4.15. The zero-order chi connectivity index (χ0) is 13.2. The third-order valence-electron chi connectivity index (χ3n) is 1.93. The lowest BCUT2D eigenvalue weighted by Crippen LogP contribution is -2.12. The lowest BCUT2D eigenvalue weighted by atomic mass is 10.0. The number of rotatable bonds is 2. The zero-order valence-electron chi connectivity index (χ0n) is 8.08. The minimum Gasteiger partial charge on any atom is -0.258 e. The summed E-state index contributed by atoms with van der Waals surface area (Å²) in [7, 11) is 0. The summed E-state index contributed by atoms with van der Waals surface area (Å²) in [5, 5.41) is 19.3. The molecule has 0 saturated carbocycles. The van der Waals surface area contributed by atoms with Crippen molar-refractivity contribution >= 4 is 21.6 Å². The molecule has 8 heteroatoms. The fourth-order valence-electron chi connectivity index (χ4n) is 1.29. The van der Waals surface area contributed by atoms with E-state index in [9.17, 15) is 23.3 Å². The predicted molar refractivity (Wildman–Crippen MR) is 55.4 cm³/mol. The van der Waals surface area contributed by atoms with E-state index >= 15 is 0 Å². The molecule has 1 aromatic carbocycles. The van der Waals surface area contributed by atoms with Crippen LogP contribution in [0, 0.1) is 21.4 Å². The Morgan fingerprint density at radius 3 is 2.41 bits per heavy atom. The average molecular weight is 309 g/mol. The van der Waals surface area contributed by atoms with E-state index in [1.165, 1.54) is 6.07 Å². The zero-order valence-corrected chi connectivity index (χ0v) is 9.67. The quantitative estimate of drug-likeness (QED) is 0.478. The van der Waals surface area contributed by atoms with Crippen LogP contribution in [0.1, 0.15) is 16.7 Å². The lowest BCUT2D eigenvalue weighted by Gasteiger charge is -2.10. The van der Waals surface area contributed by atoms with Crippen LogP contribution >= 0.6 is 15.9 Å². The number of alkyl halides is 4. The number of nitrogens with zero attached hydrogens (tertiary/aromatic N) is 2. The van der Waals surface area contributed by atoms with Gasteiger partial charge in [0, 0.05) is 11.4 Å². The van der Waals surface area contributed by atoms with Gasteiger partial charge in [0.2, 0.25) is 0 Å². The van der Waals surface area contributed by atoms with Crippen LogP contribution in [0.4, 0.5) is 18.9 Å². The van der Waals surface area contributed by atoms with Crippen molar-refractivity contribution < 1.29 is 18.1 Å². The second-order valence-electron chi connectivity index (χ2n) is 3.04. The van der Waals surface area contributed by atoms with Gasteiger partial charge in [-0.3, -0.25) is 10.1 Å². The van der Waals surface area contributed by atoms with Crippen LogP contribution in [-0.2, 0) is 11.5 Å². The second kappa shape index (κ2) is 4.71. The summed E-state index contributed by atoms with van der Waals surface area (Å²) in [6.45, 7) is 0. The molecule has 90 valence electrons. The Bertz CT molecular complexity index is 508. The number of hydrogen-bond acceptors (Lipinski definition) is 3. The van der Waals surface area contributed by atoms with Gasteiger partial charge in [-0.15, -0.1) is 0 Å². The summed E-state index contributed by atoms with van der Waals surface area (Å²) >= 11 is 2.97.